The summed E-state index contributed by atoms with van der Waals surface area (Å²) in [5.41, 5.74) is 2.69. The molecule has 1 saturated heterocycles. The predicted octanol–water partition coefficient (Wildman–Crippen LogP) is 3.83. The van der Waals surface area contributed by atoms with Gasteiger partial charge in [-0.05, 0) is 35.7 Å². The molecule has 2 atom stereocenters. The minimum atomic E-state index is -0.378. The van der Waals surface area contributed by atoms with Gasteiger partial charge in [0.1, 0.15) is 0 Å². The van der Waals surface area contributed by atoms with Crippen LogP contribution in [0.3, 0.4) is 0 Å². The molecule has 0 saturated carbocycles. The number of anilines is 2. The van der Waals surface area contributed by atoms with Crippen molar-refractivity contribution < 1.29 is 19.1 Å². The average molecular weight is 411 g/mol. The van der Waals surface area contributed by atoms with Gasteiger partial charge in [0.15, 0.2) is 6.61 Å². The Balaban J connectivity index is 1.53. The van der Waals surface area contributed by atoms with Crippen molar-refractivity contribution in [2.24, 2.45) is 5.92 Å². The van der Waals surface area contributed by atoms with Gasteiger partial charge in [0.2, 0.25) is 0 Å². The average Bonchev–Trinajstić information content (AvgIpc) is 2.79. The van der Waals surface area contributed by atoms with Crippen LogP contribution >= 0.6 is 0 Å². The maximum atomic E-state index is 12.7. The van der Waals surface area contributed by atoms with Crippen LogP contribution in [0.25, 0.3) is 0 Å². The van der Waals surface area contributed by atoms with Crippen LogP contribution < -0.4 is 10.2 Å². The number of nitrogens with zero attached hydrogens (tertiary/aromatic N) is 1. The molecule has 1 N–H and O–H groups in total. The van der Waals surface area contributed by atoms with E-state index in [1.807, 2.05) is 68.4 Å². The summed E-state index contributed by atoms with van der Waals surface area (Å²) in [7, 11) is 0. The lowest BCUT2D eigenvalue weighted by Gasteiger charge is -2.28. The van der Waals surface area contributed by atoms with E-state index < -0.39 is 0 Å². The van der Waals surface area contributed by atoms with Crippen LogP contribution in [-0.2, 0) is 19.1 Å². The SMILES string of the molecule is CCC(C)C(C(=O)OCC(=O)Nc1ccc(N2CCOCC2)cc1)c1ccccc1. The zero-order chi connectivity index (χ0) is 21.3. The highest BCUT2D eigenvalue weighted by atomic mass is 16.5. The molecule has 1 fully saturated rings. The predicted molar refractivity (Wildman–Crippen MR) is 118 cm³/mol. The molecule has 2 unspecified atom stereocenters. The number of nitrogens with one attached hydrogen (secondary N) is 1. The molecule has 160 valence electrons. The first kappa shape index (κ1) is 21.8. The number of amides is 1. The summed E-state index contributed by atoms with van der Waals surface area (Å²) < 4.78 is 10.7. The molecular weight excluding hydrogens is 380 g/mol. The molecule has 30 heavy (non-hydrogen) atoms. The van der Waals surface area contributed by atoms with Crippen LogP contribution in [0.5, 0.6) is 0 Å². The zero-order valence-corrected chi connectivity index (χ0v) is 17.7. The van der Waals surface area contributed by atoms with E-state index in [-0.39, 0.29) is 30.3 Å². The number of hydrogen-bond donors (Lipinski definition) is 1. The third-order valence-electron chi connectivity index (χ3n) is 5.50. The van der Waals surface area contributed by atoms with E-state index in [1.54, 1.807) is 0 Å². The van der Waals surface area contributed by atoms with Crippen LogP contribution in [0.2, 0.25) is 0 Å². The number of esters is 1. The Hall–Kier alpha value is -2.86. The van der Waals surface area contributed by atoms with Crippen LogP contribution in [0.4, 0.5) is 11.4 Å². The number of ether oxygens (including phenoxy) is 2. The maximum Gasteiger partial charge on any atom is 0.314 e. The first-order valence-electron chi connectivity index (χ1n) is 10.5. The molecule has 1 aliphatic heterocycles. The van der Waals surface area contributed by atoms with Crippen molar-refractivity contribution in [3.8, 4) is 0 Å². The van der Waals surface area contributed by atoms with Crippen molar-refractivity contribution in [3.63, 3.8) is 0 Å². The first-order valence-corrected chi connectivity index (χ1v) is 10.5. The number of morpholine rings is 1. The molecule has 1 heterocycles. The number of rotatable bonds is 8. The second-order valence-electron chi connectivity index (χ2n) is 7.58. The summed E-state index contributed by atoms with van der Waals surface area (Å²) in [6, 6.07) is 17.2. The van der Waals surface area contributed by atoms with E-state index in [1.165, 1.54) is 0 Å². The van der Waals surface area contributed by atoms with E-state index in [2.05, 4.69) is 10.2 Å². The van der Waals surface area contributed by atoms with Crippen LogP contribution in [0.1, 0.15) is 31.7 Å². The minimum Gasteiger partial charge on any atom is -0.455 e. The van der Waals surface area contributed by atoms with Crippen molar-refractivity contribution in [2.75, 3.05) is 43.1 Å². The molecule has 0 spiro atoms. The third kappa shape index (κ3) is 5.83. The number of hydrogen-bond acceptors (Lipinski definition) is 5. The maximum absolute atomic E-state index is 12.7. The summed E-state index contributed by atoms with van der Waals surface area (Å²) >= 11 is 0. The quantitative estimate of drug-likeness (QED) is 0.670. The first-order chi connectivity index (χ1) is 14.6. The van der Waals surface area contributed by atoms with Gasteiger partial charge in [0.25, 0.3) is 5.91 Å². The molecule has 0 aromatic heterocycles. The lowest BCUT2D eigenvalue weighted by atomic mass is 9.86. The fourth-order valence-electron chi connectivity index (χ4n) is 3.59. The van der Waals surface area contributed by atoms with Gasteiger partial charge < -0.3 is 19.7 Å². The zero-order valence-electron chi connectivity index (χ0n) is 17.7. The van der Waals surface area contributed by atoms with Gasteiger partial charge in [-0.2, -0.15) is 0 Å². The monoisotopic (exact) mass is 410 g/mol. The molecule has 1 aliphatic rings. The highest BCUT2D eigenvalue weighted by Crippen LogP contribution is 2.28. The standard InChI is InChI=1S/C24H30N2O4/c1-3-18(2)23(19-7-5-4-6-8-19)24(28)30-17-22(27)25-20-9-11-21(12-10-20)26-13-15-29-16-14-26/h4-12,18,23H,3,13-17H2,1-2H3,(H,25,27). The number of carbonyl (C=O) groups excluding carboxylic acids is 2. The molecule has 2 aromatic rings. The van der Waals surface area contributed by atoms with Gasteiger partial charge >= 0.3 is 5.97 Å². The Labute approximate surface area is 178 Å². The van der Waals surface area contributed by atoms with Gasteiger partial charge in [-0.15, -0.1) is 0 Å². The summed E-state index contributed by atoms with van der Waals surface area (Å²) in [6.07, 6.45) is 0.844. The second kappa shape index (κ2) is 10.8. The molecule has 0 bridgehead atoms. The van der Waals surface area contributed by atoms with E-state index in [9.17, 15) is 9.59 Å². The largest absolute Gasteiger partial charge is 0.455 e. The minimum absolute atomic E-state index is 0.121. The van der Waals surface area contributed by atoms with Crippen molar-refractivity contribution in [1.82, 2.24) is 0 Å². The number of benzene rings is 2. The summed E-state index contributed by atoms with van der Waals surface area (Å²) in [5.74, 6) is -0.973. The molecule has 1 amide bonds. The van der Waals surface area contributed by atoms with E-state index >= 15 is 0 Å². The topological polar surface area (TPSA) is 67.9 Å². The molecule has 6 nitrogen and oxygen atoms in total. The summed E-state index contributed by atoms with van der Waals surface area (Å²) in [5, 5.41) is 2.79. The van der Waals surface area contributed by atoms with E-state index in [0.29, 0.717) is 5.69 Å². The Morgan fingerprint density at radius 3 is 2.37 bits per heavy atom. The molecule has 0 aliphatic carbocycles. The van der Waals surface area contributed by atoms with Crippen LogP contribution in [0, 0.1) is 5.92 Å². The van der Waals surface area contributed by atoms with Crippen molar-refractivity contribution in [1.29, 1.82) is 0 Å². The molecule has 2 aromatic carbocycles. The lowest BCUT2D eigenvalue weighted by Crippen LogP contribution is -2.36. The Morgan fingerprint density at radius 1 is 1.07 bits per heavy atom. The van der Waals surface area contributed by atoms with Crippen LogP contribution in [0.15, 0.2) is 54.6 Å². The van der Waals surface area contributed by atoms with Gasteiger partial charge in [-0.3, -0.25) is 9.59 Å². The normalized spacial score (nSPS) is 15.9. The lowest BCUT2D eigenvalue weighted by molar-refractivity contribution is -0.150. The summed E-state index contributed by atoms with van der Waals surface area (Å²) in [6.45, 7) is 6.94. The fourth-order valence-corrected chi connectivity index (χ4v) is 3.59. The number of carbonyl (C=O) groups is 2. The second-order valence-corrected chi connectivity index (χ2v) is 7.58. The molecular formula is C24H30N2O4. The van der Waals surface area contributed by atoms with E-state index in [4.69, 9.17) is 9.47 Å². The molecule has 3 rings (SSSR count). The molecule has 0 radical (unpaired) electrons. The van der Waals surface area contributed by atoms with Crippen molar-refractivity contribution >= 4 is 23.3 Å². The Kier molecular flexibility index (Phi) is 7.85. The molecule has 6 heteroatoms. The smallest absolute Gasteiger partial charge is 0.314 e. The Morgan fingerprint density at radius 2 is 1.73 bits per heavy atom. The van der Waals surface area contributed by atoms with Crippen molar-refractivity contribution in [3.05, 3.63) is 60.2 Å². The fraction of sp³-hybridized carbons (Fsp3) is 0.417. The van der Waals surface area contributed by atoms with Gasteiger partial charge in [-0.25, -0.2) is 0 Å². The van der Waals surface area contributed by atoms with Gasteiger partial charge in [0, 0.05) is 24.5 Å². The third-order valence-corrected chi connectivity index (χ3v) is 5.50. The van der Waals surface area contributed by atoms with Gasteiger partial charge in [0.05, 0.1) is 19.1 Å². The summed E-state index contributed by atoms with van der Waals surface area (Å²) in [4.78, 5) is 27.2. The van der Waals surface area contributed by atoms with Crippen LogP contribution in [-0.4, -0.2) is 44.8 Å². The highest BCUT2D eigenvalue weighted by molar-refractivity contribution is 5.93. The Bertz CT molecular complexity index is 817. The highest BCUT2D eigenvalue weighted by Gasteiger charge is 2.27. The van der Waals surface area contributed by atoms with E-state index in [0.717, 1.165) is 44.0 Å². The van der Waals surface area contributed by atoms with Crippen molar-refractivity contribution in [2.45, 2.75) is 26.2 Å². The van der Waals surface area contributed by atoms with Gasteiger partial charge in [-0.1, -0.05) is 50.6 Å².